The number of rotatable bonds is 1. The molecule has 0 unspecified atom stereocenters. The Morgan fingerprint density at radius 1 is 1.36 bits per heavy atom. The highest BCUT2D eigenvalue weighted by Crippen LogP contribution is 2.27. The number of hydrogen-bond donors (Lipinski definition) is 1. The summed E-state index contributed by atoms with van der Waals surface area (Å²) in [7, 11) is 0. The summed E-state index contributed by atoms with van der Waals surface area (Å²) in [6, 6.07) is 0. The fraction of sp³-hybridized carbons (Fsp3) is 0.857. The molecule has 1 aliphatic carbocycles. The first-order valence-corrected chi connectivity index (χ1v) is 3.72. The Labute approximate surface area is 63.9 Å². The van der Waals surface area contributed by atoms with E-state index in [2.05, 4.69) is 5.16 Å². The molecule has 64 valence electrons. The van der Waals surface area contributed by atoms with Crippen molar-refractivity contribution in [3.63, 3.8) is 0 Å². The van der Waals surface area contributed by atoms with E-state index in [0.717, 1.165) is 0 Å². The lowest BCUT2D eigenvalue weighted by Gasteiger charge is -2.20. The molecule has 0 spiro atoms. The van der Waals surface area contributed by atoms with Crippen LogP contribution in [0.2, 0.25) is 0 Å². The summed E-state index contributed by atoms with van der Waals surface area (Å²) in [6.45, 7) is 0. The standard InChI is InChI=1S/C7H11F2NO/c8-7(9)5-1-3-6(10-11)4-2-5/h5,7,11H,1-4H2. The topological polar surface area (TPSA) is 32.6 Å². The number of nitrogens with zero attached hydrogens (tertiary/aromatic N) is 1. The molecule has 1 rings (SSSR count). The van der Waals surface area contributed by atoms with Crippen LogP contribution >= 0.6 is 0 Å². The van der Waals surface area contributed by atoms with E-state index in [1.165, 1.54) is 0 Å². The predicted octanol–water partition coefficient (Wildman–Crippen LogP) is 2.27. The van der Waals surface area contributed by atoms with Crippen LogP contribution in [0.4, 0.5) is 8.78 Å². The molecular weight excluding hydrogens is 152 g/mol. The molecule has 2 nitrogen and oxygen atoms in total. The molecule has 4 heteroatoms. The van der Waals surface area contributed by atoms with Crippen molar-refractivity contribution in [1.82, 2.24) is 0 Å². The summed E-state index contributed by atoms with van der Waals surface area (Å²) in [5.74, 6) is -0.486. The molecule has 0 bridgehead atoms. The minimum Gasteiger partial charge on any atom is -0.411 e. The highest BCUT2D eigenvalue weighted by atomic mass is 19.3. The second kappa shape index (κ2) is 3.64. The Kier molecular flexibility index (Phi) is 2.79. The van der Waals surface area contributed by atoms with Gasteiger partial charge >= 0.3 is 0 Å². The molecule has 1 saturated carbocycles. The number of oxime groups is 1. The van der Waals surface area contributed by atoms with Crippen LogP contribution in [0.25, 0.3) is 0 Å². The van der Waals surface area contributed by atoms with E-state index in [1.54, 1.807) is 0 Å². The maximum Gasteiger partial charge on any atom is 0.241 e. The Bertz CT molecular complexity index is 149. The van der Waals surface area contributed by atoms with Gasteiger partial charge in [-0.25, -0.2) is 8.78 Å². The molecule has 1 fully saturated rings. The lowest BCUT2D eigenvalue weighted by molar-refractivity contribution is 0.0660. The highest BCUT2D eigenvalue weighted by Gasteiger charge is 2.25. The molecule has 11 heavy (non-hydrogen) atoms. The van der Waals surface area contributed by atoms with E-state index < -0.39 is 12.3 Å². The SMILES string of the molecule is ON=C1CCC(C(F)F)CC1. The first-order valence-electron chi connectivity index (χ1n) is 3.72. The van der Waals surface area contributed by atoms with Gasteiger partial charge in [0, 0.05) is 5.92 Å². The summed E-state index contributed by atoms with van der Waals surface area (Å²) in [5, 5.41) is 11.3. The maximum absolute atomic E-state index is 12.0. The summed E-state index contributed by atoms with van der Waals surface area (Å²) in [6.07, 6.45) is -0.263. The average Bonchev–Trinajstić information content (AvgIpc) is 2.05. The largest absolute Gasteiger partial charge is 0.411 e. The zero-order valence-corrected chi connectivity index (χ0v) is 6.13. The Morgan fingerprint density at radius 3 is 2.27 bits per heavy atom. The third-order valence-electron chi connectivity index (χ3n) is 2.11. The normalized spacial score (nSPS) is 25.7. The van der Waals surface area contributed by atoms with Crippen LogP contribution in [-0.4, -0.2) is 17.3 Å². The lowest BCUT2D eigenvalue weighted by Crippen LogP contribution is -2.19. The molecule has 0 heterocycles. The number of hydrogen-bond acceptors (Lipinski definition) is 2. The van der Waals surface area contributed by atoms with Crippen LogP contribution in [0.1, 0.15) is 25.7 Å². The fourth-order valence-corrected chi connectivity index (χ4v) is 1.33. The van der Waals surface area contributed by atoms with Gasteiger partial charge in [0.2, 0.25) is 6.43 Å². The monoisotopic (exact) mass is 163 g/mol. The van der Waals surface area contributed by atoms with E-state index in [1.807, 2.05) is 0 Å². The summed E-state index contributed by atoms with van der Waals surface area (Å²) < 4.78 is 24.1. The third-order valence-corrected chi connectivity index (χ3v) is 2.11. The third kappa shape index (κ3) is 2.13. The Morgan fingerprint density at radius 2 is 1.91 bits per heavy atom. The van der Waals surface area contributed by atoms with Gasteiger partial charge in [0.15, 0.2) is 0 Å². The van der Waals surface area contributed by atoms with E-state index in [9.17, 15) is 8.78 Å². The van der Waals surface area contributed by atoms with Gasteiger partial charge in [0.05, 0.1) is 5.71 Å². The zero-order valence-electron chi connectivity index (χ0n) is 6.13. The number of halogens is 2. The van der Waals surface area contributed by atoms with Crippen molar-refractivity contribution in [3.05, 3.63) is 0 Å². The Hall–Kier alpha value is -0.670. The quantitative estimate of drug-likeness (QED) is 0.466. The molecule has 0 aromatic heterocycles. The summed E-state index contributed by atoms with van der Waals surface area (Å²) in [5.41, 5.74) is 0.655. The molecule has 1 N–H and O–H groups in total. The molecule has 0 aromatic rings. The minimum atomic E-state index is -2.21. The predicted molar refractivity (Wildman–Crippen MR) is 37.2 cm³/mol. The van der Waals surface area contributed by atoms with E-state index in [0.29, 0.717) is 31.4 Å². The molecule has 0 radical (unpaired) electrons. The molecule has 0 atom stereocenters. The molecule has 1 aliphatic rings. The second-order valence-corrected chi connectivity index (χ2v) is 2.84. The van der Waals surface area contributed by atoms with Crippen LogP contribution in [0.5, 0.6) is 0 Å². The van der Waals surface area contributed by atoms with Crippen LogP contribution < -0.4 is 0 Å². The van der Waals surface area contributed by atoms with Crippen LogP contribution in [-0.2, 0) is 0 Å². The van der Waals surface area contributed by atoms with Crippen molar-refractivity contribution < 1.29 is 14.0 Å². The van der Waals surface area contributed by atoms with Crippen LogP contribution in [0, 0.1) is 5.92 Å². The van der Waals surface area contributed by atoms with Gasteiger partial charge in [0.1, 0.15) is 0 Å². The van der Waals surface area contributed by atoms with E-state index in [4.69, 9.17) is 5.21 Å². The Balaban J connectivity index is 2.36. The highest BCUT2D eigenvalue weighted by molar-refractivity contribution is 5.84. The van der Waals surface area contributed by atoms with Gasteiger partial charge in [-0.2, -0.15) is 0 Å². The van der Waals surface area contributed by atoms with Gasteiger partial charge in [-0.05, 0) is 25.7 Å². The van der Waals surface area contributed by atoms with Crippen molar-refractivity contribution in [2.75, 3.05) is 0 Å². The average molecular weight is 163 g/mol. The minimum absolute atomic E-state index is 0.455. The van der Waals surface area contributed by atoms with Crippen molar-refractivity contribution in [2.45, 2.75) is 32.1 Å². The van der Waals surface area contributed by atoms with Crippen LogP contribution in [0.3, 0.4) is 0 Å². The van der Waals surface area contributed by atoms with Crippen LogP contribution in [0.15, 0.2) is 5.16 Å². The van der Waals surface area contributed by atoms with Gasteiger partial charge in [0.25, 0.3) is 0 Å². The first kappa shape index (κ1) is 8.43. The lowest BCUT2D eigenvalue weighted by atomic mass is 9.88. The molecule has 0 amide bonds. The van der Waals surface area contributed by atoms with Gasteiger partial charge in [-0.15, -0.1) is 0 Å². The maximum atomic E-state index is 12.0. The van der Waals surface area contributed by atoms with Crippen molar-refractivity contribution in [2.24, 2.45) is 11.1 Å². The molecule has 0 aliphatic heterocycles. The fourth-order valence-electron chi connectivity index (χ4n) is 1.33. The van der Waals surface area contributed by atoms with Gasteiger partial charge in [-0.1, -0.05) is 5.16 Å². The van der Waals surface area contributed by atoms with E-state index in [-0.39, 0.29) is 0 Å². The van der Waals surface area contributed by atoms with Gasteiger partial charge < -0.3 is 5.21 Å². The number of alkyl halides is 2. The molecule has 0 aromatic carbocycles. The summed E-state index contributed by atoms with van der Waals surface area (Å²) in [4.78, 5) is 0. The smallest absolute Gasteiger partial charge is 0.241 e. The second-order valence-electron chi connectivity index (χ2n) is 2.84. The molecular formula is C7H11F2NO. The van der Waals surface area contributed by atoms with E-state index >= 15 is 0 Å². The van der Waals surface area contributed by atoms with Crippen molar-refractivity contribution >= 4 is 5.71 Å². The first-order chi connectivity index (χ1) is 5.24. The summed E-state index contributed by atoms with van der Waals surface area (Å²) >= 11 is 0. The van der Waals surface area contributed by atoms with Crippen molar-refractivity contribution in [1.29, 1.82) is 0 Å². The molecule has 0 saturated heterocycles. The van der Waals surface area contributed by atoms with Crippen molar-refractivity contribution in [3.8, 4) is 0 Å². The zero-order chi connectivity index (χ0) is 8.27. The van der Waals surface area contributed by atoms with Gasteiger partial charge in [-0.3, -0.25) is 0 Å².